The Morgan fingerprint density at radius 1 is 1.07 bits per heavy atom. The summed E-state index contributed by atoms with van der Waals surface area (Å²) in [5, 5.41) is 13.7. The van der Waals surface area contributed by atoms with E-state index >= 15 is 0 Å². The van der Waals surface area contributed by atoms with E-state index in [9.17, 15) is 14.7 Å². The summed E-state index contributed by atoms with van der Waals surface area (Å²) in [5.74, 6) is 0.250. The average Bonchev–Trinajstić information content (AvgIpc) is 3.46. The van der Waals surface area contributed by atoms with Crippen molar-refractivity contribution >= 4 is 11.7 Å². The van der Waals surface area contributed by atoms with E-state index in [1.165, 1.54) is 5.57 Å². The monoisotopic (exact) mass is 557 g/mol. The molecule has 5 aliphatic carbocycles. The van der Waals surface area contributed by atoms with Crippen molar-refractivity contribution in [3.8, 4) is 0 Å². The summed E-state index contributed by atoms with van der Waals surface area (Å²) in [4.78, 5) is 30.6. The summed E-state index contributed by atoms with van der Waals surface area (Å²) in [6, 6.07) is 0. The molecule has 5 aliphatic rings. The van der Waals surface area contributed by atoms with Gasteiger partial charge in [-0.2, -0.15) is 0 Å². The molecule has 2 N–H and O–H groups in total. The number of nitrogens with zero attached hydrogens (tertiary/aromatic N) is 2. The van der Waals surface area contributed by atoms with Crippen LogP contribution in [-0.4, -0.2) is 32.9 Å². The topological polar surface area (TPSA) is 84.2 Å². The van der Waals surface area contributed by atoms with Crippen LogP contribution < -0.4 is 5.32 Å². The fourth-order valence-electron chi connectivity index (χ4n) is 9.76. The molecule has 1 aromatic heterocycles. The van der Waals surface area contributed by atoms with E-state index in [1.807, 2.05) is 19.4 Å². The van der Waals surface area contributed by atoms with E-state index in [-0.39, 0.29) is 44.5 Å². The lowest BCUT2D eigenvalue weighted by Gasteiger charge is -2.70. The quantitative estimate of drug-likeness (QED) is 0.381. The maximum atomic E-state index is 13.7. The number of aliphatic hydroxyl groups excluding tert-OH is 1. The van der Waals surface area contributed by atoms with Crippen molar-refractivity contribution in [2.45, 2.75) is 99.5 Å². The van der Waals surface area contributed by atoms with Crippen LogP contribution in [0.15, 0.2) is 65.0 Å². The minimum atomic E-state index is -0.368. The number of hydrogen-bond acceptors (Lipinski definition) is 4. The Balaban J connectivity index is 1.28. The van der Waals surface area contributed by atoms with Crippen molar-refractivity contribution in [2.75, 3.05) is 6.54 Å². The third-order valence-corrected chi connectivity index (χ3v) is 12.9. The minimum absolute atomic E-state index is 0.0350. The van der Waals surface area contributed by atoms with Gasteiger partial charge in [0.2, 0.25) is 11.7 Å². The minimum Gasteiger partial charge on any atom is -0.504 e. The molecule has 41 heavy (non-hydrogen) atoms. The van der Waals surface area contributed by atoms with Gasteiger partial charge in [-0.3, -0.25) is 9.59 Å². The zero-order valence-corrected chi connectivity index (χ0v) is 25.8. The average molecular weight is 558 g/mol. The Labute approximate surface area is 245 Å². The zero-order chi connectivity index (χ0) is 29.4. The molecule has 0 bridgehead atoms. The maximum absolute atomic E-state index is 13.7. The van der Waals surface area contributed by atoms with Gasteiger partial charge in [-0.25, -0.2) is 4.98 Å². The van der Waals surface area contributed by atoms with Crippen LogP contribution in [0, 0.1) is 33.0 Å². The van der Waals surface area contributed by atoms with Crippen molar-refractivity contribution in [2.24, 2.45) is 33.0 Å². The highest BCUT2D eigenvalue weighted by Gasteiger charge is 2.67. The molecule has 6 heteroatoms. The molecule has 3 fully saturated rings. The van der Waals surface area contributed by atoms with Crippen LogP contribution >= 0.6 is 0 Å². The van der Waals surface area contributed by atoms with Gasteiger partial charge in [0.25, 0.3) is 0 Å². The van der Waals surface area contributed by atoms with Crippen LogP contribution in [0.5, 0.6) is 0 Å². The predicted octanol–water partition coefficient (Wildman–Crippen LogP) is 7.02. The molecule has 0 aromatic carbocycles. The van der Waals surface area contributed by atoms with Crippen LogP contribution in [0.25, 0.3) is 0 Å². The van der Waals surface area contributed by atoms with Crippen LogP contribution in [-0.2, 0) is 16.1 Å². The fourth-order valence-corrected chi connectivity index (χ4v) is 9.76. The van der Waals surface area contributed by atoms with E-state index in [1.54, 1.807) is 12.3 Å². The van der Waals surface area contributed by atoms with Gasteiger partial charge >= 0.3 is 0 Å². The van der Waals surface area contributed by atoms with Gasteiger partial charge in [0.1, 0.15) is 0 Å². The number of aryl methyl sites for hydroxylation is 1. The summed E-state index contributed by atoms with van der Waals surface area (Å²) in [6.45, 7) is 15.4. The van der Waals surface area contributed by atoms with E-state index in [2.05, 4.69) is 61.6 Å². The van der Waals surface area contributed by atoms with E-state index in [4.69, 9.17) is 0 Å². The molecule has 1 aromatic rings. The highest BCUT2D eigenvalue weighted by atomic mass is 16.3. The lowest BCUT2D eigenvalue weighted by Crippen LogP contribution is -2.62. The van der Waals surface area contributed by atoms with Crippen LogP contribution in [0.1, 0.15) is 92.9 Å². The molecule has 6 atom stereocenters. The number of ketones is 1. The standard InChI is InChI=1S/C35H47N3O3/c1-23-24-8-9-27-33(4,25(24)20-26(39)29(23)40)13-15-35(6)28-21-32(3,11-10-31(28,2)12-14-34(27,35)5)30(41)37-16-7-18-38-19-17-36-22-38/h8-9,17,19-20,22,28,40H,7,10-16,18,21H2,1-6H3,(H,37,41)/t28-,31-,32-,33+,34-,35+/m1/s1. The molecule has 1 amide bonds. The Kier molecular flexibility index (Phi) is 6.41. The third-order valence-electron chi connectivity index (χ3n) is 12.9. The Bertz CT molecular complexity index is 1420. The first-order valence-electron chi connectivity index (χ1n) is 15.6. The summed E-state index contributed by atoms with van der Waals surface area (Å²) in [6.07, 6.45) is 19.9. The Morgan fingerprint density at radius 3 is 2.56 bits per heavy atom. The number of aromatic nitrogens is 2. The number of hydrogen-bond donors (Lipinski definition) is 2. The van der Waals surface area contributed by atoms with E-state index in [0.717, 1.165) is 69.1 Å². The first-order valence-corrected chi connectivity index (χ1v) is 15.6. The van der Waals surface area contributed by atoms with Crippen molar-refractivity contribution in [1.82, 2.24) is 14.9 Å². The number of aliphatic hydroxyl groups is 1. The number of rotatable bonds is 5. The highest BCUT2D eigenvalue weighted by Crippen LogP contribution is 2.75. The second-order valence-corrected chi connectivity index (χ2v) is 15.0. The van der Waals surface area contributed by atoms with Gasteiger partial charge in [0.15, 0.2) is 5.76 Å². The predicted molar refractivity (Wildman–Crippen MR) is 161 cm³/mol. The van der Waals surface area contributed by atoms with Gasteiger partial charge in [-0.15, -0.1) is 0 Å². The van der Waals surface area contributed by atoms with Crippen molar-refractivity contribution in [3.63, 3.8) is 0 Å². The molecule has 3 saturated carbocycles. The normalized spacial score (nSPS) is 39.9. The summed E-state index contributed by atoms with van der Waals surface area (Å²) in [7, 11) is 0. The maximum Gasteiger partial charge on any atom is 0.225 e. The molecule has 220 valence electrons. The van der Waals surface area contributed by atoms with Gasteiger partial charge < -0.3 is 15.0 Å². The number of carbonyl (C=O) groups excluding carboxylic acids is 2. The zero-order valence-electron chi connectivity index (χ0n) is 25.8. The number of imidazole rings is 1. The molecule has 0 aliphatic heterocycles. The van der Waals surface area contributed by atoms with Crippen molar-refractivity contribution in [1.29, 1.82) is 0 Å². The number of fused-ring (bicyclic) bond motifs is 7. The molecular formula is C35H47N3O3. The summed E-state index contributed by atoms with van der Waals surface area (Å²) >= 11 is 0. The largest absolute Gasteiger partial charge is 0.504 e. The van der Waals surface area contributed by atoms with Gasteiger partial charge in [0, 0.05) is 41.9 Å². The molecule has 6 rings (SSSR count). The molecule has 1 heterocycles. The number of allylic oxidation sites excluding steroid dienone is 7. The number of nitrogens with one attached hydrogen (secondary N) is 1. The van der Waals surface area contributed by atoms with Crippen molar-refractivity contribution in [3.05, 3.63) is 65.0 Å². The molecule has 0 spiro atoms. The molecular weight excluding hydrogens is 510 g/mol. The lowest BCUT2D eigenvalue weighted by molar-refractivity contribution is -0.169. The highest BCUT2D eigenvalue weighted by molar-refractivity contribution is 6.06. The van der Waals surface area contributed by atoms with Crippen LogP contribution in [0.2, 0.25) is 0 Å². The second-order valence-electron chi connectivity index (χ2n) is 15.0. The van der Waals surface area contributed by atoms with E-state index in [0.29, 0.717) is 18.0 Å². The Morgan fingerprint density at radius 2 is 1.83 bits per heavy atom. The lowest BCUT2D eigenvalue weighted by atomic mass is 9.34. The second kappa shape index (κ2) is 9.31. The summed E-state index contributed by atoms with van der Waals surface area (Å²) < 4.78 is 2.05. The number of amides is 1. The number of carbonyl (C=O) groups is 2. The third kappa shape index (κ3) is 3.99. The SMILES string of the molecule is CC1=C(O)C(=O)C=C2C1=CC=C1[C@@]2(C)CC[C@@]2(C)[C@@H]3C[C@](C)(C(=O)NCCCn4ccnc4)CC[C@]3(C)CC[C@]12C. The Hall–Kier alpha value is -2.89. The fraction of sp³-hybridized carbons (Fsp3) is 0.629. The van der Waals surface area contributed by atoms with Gasteiger partial charge in [-0.05, 0) is 97.7 Å². The first kappa shape index (κ1) is 28.2. The van der Waals surface area contributed by atoms with Crippen LogP contribution in [0.3, 0.4) is 0 Å². The first-order chi connectivity index (χ1) is 19.3. The van der Waals surface area contributed by atoms with Gasteiger partial charge in [-0.1, -0.05) is 52.3 Å². The van der Waals surface area contributed by atoms with E-state index < -0.39 is 0 Å². The van der Waals surface area contributed by atoms with Gasteiger partial charge in [0.05, 0.1) is 6.33 Å². The molecule has 6 nitrogen and oxygen atoms in total. The molecule has 0 saturated heterocycles. The molecule has 0 radical (unpaired) electrons. The van der Waals surface area contributed by atoms with Crippen molar-refractivity contribution < 1.29 is 14.7 Å². The summed E-state index contributed by atoms with van der Waals surface area (Å²) in [5.41, 5.74) is 3.86. The van der Waals surface area contributed by atoms with Crippen LogP contribution in [0.4, 0.5) is 0 Å². The smallest absolute Gasteiger partial charge is 0.225 e. The molecule has 0 unspecified atom stereocenters.